The third-order valence-electron chi connectivity index (χ3n) is 4.47. The molecule has 3 rings (SSSR count). The van der Waals surface area contributed by atoms with Gasteiger partial charge in [-0.15, -0.1) is 11.3 Å². The van der Waals surface area contributed by atoms with E-state index >= 15 is 0 Å². The Labute approximate surface area is 165 Å². The van der Waals surface area contributed by atoms with Crippen molar-refractivity contribution in [2.45, 2.75) is 32.9 Å². The summed E-state index contributed by atoms with van der Waals surface area (Å²) in [7, 11) is 1.29. The summed E-state index contributed by atoms with van der Waals surface area (Å²) >= 11 is 1.10. The molecule has 0 saturated carbocycles. The van der Waals surface area contributed by atoms with Gasteiger partial charge in [0, 0.05) is 0 Å². The van der Waals surface area contributed by atoms with Crippen LogP contribution < -0.4 is 5.56 Å². The maximum absolute atomic E-state index is 13.0. The van der Waals surface area contributed by atoms with Crippen LogP contribution in [0.25, 0.3) is 10.2 Å². The Morgan fingerprint density at radius 1 is 1.25 bits per heavy atom. The van der Waals surface area contributed by atoms with Crippen LogP contribution in [-0.4, -0.2) is 28.6 Å². The zero-order valence-electron chi connectivity index (χ0n) is 15.8. The number of rotatable bonds is 6. The number of esters is 2. The Hall–Kier alpha value is -3.00. The van der Waals surface area contributed by atoms with E-state index in [-0.39, 0.29) is 12.2 Å². The monoisotopic (exact) mass is 400 g/mol. The molecule has 0 amide bonds. The maximum Gasteiger partial charge on any atom is 0.348 e. The number of methoxy groups -OCH3 is 1. The summed E-state index contributed by atoms with van der Waals surface area (Å²) in [5, 5.41) is 0.321. The minimum atomic E-state index is -0.797. The lowest BCUT2D eigenvalue weighted by molar-refractivity contribution is -0.149. The highest BCUT2D eigenvalue weighted by Crippen LogP contribution is 2.28. The van der Waals surface area contributed by atoms with Crippen molar-refractivity contribution in [1.82, 2.24) is 9.55 Å². The van der Waals surface area contributed by atoms with E-state index in [4.69, 9.17) is 9.47 Å². The van der Waals surface area contributed by atoms with Gasteiger partial charge in [0.1, 0.15) is 22.4 Å². The molecule has 0 aliphatic carbocycles. The Morgan fingerprint density at radius 3 is 2.61 bits per heavy atom. The highest BCUT2D eigenvalue weighted by molar-refractivity contribution is 7.20. The summed E-state index contributed by atoms with van der Waals surface area (Å²) in [6.45, 7) is 3.60. The lowest BCUT2D eigenvalue weighted by atomic mass is 10.2. The molecule has 0 bridgehead atoms. The van der Waals surface area contributed by atoms with Gasteiger partial charge in [0.2, 0.25) is 0 Å². The van der Waals surface area contributed by atoms with E-state index < -0.39 is 18.0 Å². The molecule has 28 heavy (non-hydrogen) atoms. The van der Waals surface area contributed by atoms with Crippen molar-refractivity contribution in [3.05, 3.63) is 63.0 Å². The van der Waals surface area contributed by atoms with Crippen LogP contribution in [0.3, 0.4) is 0 Å². The number of hydrogen-bond acceptors (Lipinski definition) is 7. The number of ether oxygens (including phenoxy) is 2. The Kier molecular flexibility index (Phi) is 5.89. The zero-order chi connectivity index (χ0) is 20.3. The molecule has 1 atom stereocenters. The molecular weight excluding hydrogens is 380 g/mol. The first kappa shape index (κ1) is 19.8. The smallest absolute Gasteiger partial charge is 0.348 e. The van der Waals surface area contributed by atoms with Crippen LogP contribution in [-0.2, 0) is 20.9 Å². The molecule has 0 aliphatic heterocycles. The molecule has 3 aromatic rings. The number of hydrogen-bond donors (Lipinski definition) is 0. The van der Waals surface area contributed by atoms with Gasteiger partial charge in [-0.1, -0.05) is 37.3 Å². The van der Waals surface area contributed by atoms with Crippen LogP contribution in [0.4, 0.5) is 0 Å². The van der Waals surface area contributed by atoms with Crippen LogP contribution in [0.2, 0.25) is 0 Å². The summed E-state index contributed by atoms with van der Waals surface area (Å²) in [6, 6.07) is 8.52. The molecular formula is C20H20N2O5S. The lowest BCUT2D eigenvalue weighted by Crippen LogP contribution is -2.31. The van der Waals surface area contributed by atoms with Crippen molar-refractivity contribution in [3.63, 3.8) is 0 Å². The van der Waals surface area contributed by atoms with Gasteiger partial charge < -0.3 is 9.47 Å². The van der Waals surface area contributed by atoms with Crippen LogP contribution in [0, 0.1) is 6.92 Å². The lowest BCUT2D eigenvalue weighted by Gasteiger charge is -2.17. The number of fused-ring (bicyclic) bond motifs is 1. The van der Waals surface area contributed by atoms with Gasteiger partial charge in [0.05, 0.1) is 18.8 Å². The van der Waals surface area contributed by atoms with Crippen molar-refractivity contribution in [3.8, 4) is 0 Å². The van der Waals surface area contributed by atoms with Gasteiger partial charge in [0.15, 0.2) is 0 Å². The number of benzene rings is 1. The van der Waals surface area contributed by atoms with Crippen molar-refractivity contribution >= 4 is 33.5 Å². The molecule has 0 spiro atoms. The van der Waals surface area contributed by atoms with Gasteiger partial charge in [-0.3, -0.25) is 9.36 Å². The topological polar surface area (TPSA) is 87.5 Å². The van der Waals surface area contributed by atoms with Gasteiger partial charge >= 0.3 is 11.9 Å². The number of carbonyl (C=O) groups is 2. The fourth-order valence-electron chi connectivity index (χ4n) is 2.95. The number of aromatic nitrogens is 2. The largest absolute Gasteiger partial charge is 0.465 e. The molecule has 0 saturated heterocycles. The second kappa shape index (κ2) is 8.35. The average Bonchev–Trinajstić information content (AvgIpc) is 3.06. The minimum absolute atomic E-state index is 0.130. The normalized spacial score (nSPS) is 12.0. The van der Waals surface area contributed by atoms with E-state index in [2.05, 4.69) is 4.98 Å². The molecule has 2 aromatic heterocycles. The molecule has 2 heterocycles. The van der Waals surface area contributed by atoms with Gasteiger partial charge in [-0.2, -0.15) is 0 Å². The summed E-state index contributed by atoms with van der Waals surface area (Å²) in [5.74, 6) is -1.02. The van der Waals surface area contributed by atoms with E-state index in [9.17, 15) is 14.4 Å². The van der Waals surface area contributed by atoms with E-state index in [1.807, 2.05) is 30.3 Å². The van der Waals surface area contributed by atoms with Crippen molar-refractivity contribution in [1.29, 1.82) is 0 Å². The minimum Gasteiger partial charge on any atom is -0.465 e. The van der Waals surface area contributed by atoms with Crippen molar-refractivity contribution in [2.24, 2.45) is 0 Å². The predicted octanol–water partition coefficient (Wildman–Crippen LogP) is 3.25. The number of nitrogens with zero attached hydrogens (tertiary/aromatic N) is 2. The number of carbonyl (C=O) groups excluding carboxylic acids is 2. The summed E-state index contributed by atoms with van der Waals surface area (Å²) < 4.78 is 11.4. The first-order valence-corrected chi connectivity index (χ1v) is 9.58. The third kappa shape index (κ3) is 3.68. The van der Waals surface area contributed by atoms with Crippen molar-refractivity contribution < 1.29 is 19.1 Å². The second-order valence-electron chi connectivity index (χ2n) is 6.20. The van der Waals surface area contributed by atoms with Crippen LogP contribution in [0.1, 0.15) is 40.2 Å². The van der Waals surface area contributed by atoms with Gasteiger partial charge in [0.25, 0.3) is 5.56 Å². The molecule has 7 nitrogen and oxygen atoms in total. The van der Waals surface area contributed by atoms with Crippen LogP contribution >= 0.6 is 11.3 Å². The Balaban J connectivity index is 1.93. The standard InChI is InChI=1S/C20H20N2O5S/c1-4-14(19(24)27-10-13-8-6-5-7-9-13)22-11-21-17-15(18(22)23)12(2)16(28-17)20(25)26-3/h5-9,11,14H,4,10H2,1-3H3. The molecule has 0 fully saturated rings. The number of thiophene rings is 1. The second-order valence-corrected chi connectivity index (χ2v) is 7.20. The van der Waals surface area contributed by atoms with E-state index in [0.29, 0.717) is 27.1 Å². The summed E-state index contributed by atoms with van der Waals surface area (Å²) in [6.07, 6.45) is 1.70. The van der Waals surface area contributed by atoms with Crippen LogP contribution in [0.5, 0.6) is 0 Å². The first-order valence-electron chi connectivity index (χ1n) is 8.77. The highest BCUT2D eigenvalue weighted by atomic mass is 32.1. The molecule has 0 aliphatic rings. The van der Waals surface area contributed by atoms with E-state index in [1.165, 1.54) is 18.0 Å². The fourth-order valence-corrected chi connectivity index (χ4v) is 4.01. The molecule has 1 aromatic carbocycles. The Bertz CT molecular complexity index is 1070. The molecule has 8 heteroatoms. The van der Waals surface area contributed by atoms with Gasteiger partial charge in [-0.25, -0.2) is 14.6 Å². The molecule has 0 radical (unpaired) electrons. The van der Waals surface area contributed by atoms with Crippen LogP contribution in [0.15, 0.2) is 41.5 Å². The maximum atomic E-state index is 13.0. The average molecular weight is 400 g/mol. The summed E-state index contributed by atoms with van der Waals surface area (Å²) in [5.41, 5.74) is 0.992. The quantitative estimate of drug-likeness (QED) is 0.590. The molecule has 0 N–H and O–H groups in total. The molecule has 1 unspecified atom stereocenters. The van der Waals surface area contributed by atoms with Crippen molar-refractivity contribution in [2.75, 3.05) is 7.11 Å². The van der Waals surface area contributed by atoms with Gasteiger partial charge in [-0.05, 0) is 24.5 Å². The zero-order valence-corrected chi connectivity index (χ0v) is 16.6. The third-order valence-corrected chi connectivity index (χ3v) is 5.65. The number of aryl methyl sites for hydroxylation is 1. The molecule has 146 valence electrons. The SMILES string of the molecule is CCC(C(=O)OCc1ccccc1)n1cnc2sc(C(=O)OC)c(C)c2c1=O. The fraction of sp³-hybridized carbons (Fsp3) is 0.300. The van der Waals surface area contributed by atoms with E-state index in [0.717, 1.165) is 16.9 Å². The Morgan fingerprint density at radius 2 is 1.96 bits per heavy atom. The highest BCUT2D eigenvalue weighted by Gasteiger charge is 2.25. The van der Waals surface area contributed by atoms with E-state index in [1.54, 1.807) is 13.8 Å². The predicted molar refractivity (Wildman–Crippen MR) is 106 cm³/mol. The summed E-state index contributed by atoms with van der Waals surface area (Å²) in [4.78, 5) is 42.6. The first-order chi connectivity index (χ1) is 13.5.